The molecule has 6 heteroatoms. The third kappa shape index (κ3) is 6.12. The van der Waals surface area contributed by atoms with E-state index in [1.807, 2.05) is 48.5 Å². The lowest BCUT2D eigenvalue weighted by atomic mass is 10.1. The third-order valence-electron chi connectivity index (χ3n) is 3.34. The second kappa shape index (κ2) is 9.82. The molecule has 0 radical (unpaired) electrons. The predicted molar refractivity (Wildman–Crippen MR) is 97.7 cm³/mol. The van der Waals surface area contributed by atoms with Crippen LogP contribution in [0.3, 0.4) is 0 Å². The van der Waals surface area contributed by atoms with Gasteiger partial charge in [0.1, 0.15) is 18.1 Å². The van der Waals surface area contributed by atoms with Gasteiger partial charge in [0.15, 0.2) is 0 Å². The molecular formula is C18H21BrN2O3. The minimum atomic E-state index is -0.195. The monoisotopic (exact) mass is 392 g/mol. The van der Waals surface area contributed by atoms with Crippen molar-refractivity contribution in [1.29, 1.82) is 0 Å². The highest BCUT2D eigenvalue weighted by molar-refractivity contribution is 9.10. The van der Waals surface area contributed by atoms with Crippen LogP contribution in [0.5, 0.6) is 11.5 Å². The summed E-state index contributed by atoms with van der Waals surface area (Å²) in [6.07, 6.45) is 0.769. The van der Waals surface area contributed by atoms with Crippen molar-refractivity contribution in [3.8, 4) is 11.5 Å². The van der Waals surface area contributed by atoms with E-state index in [2.05, 4.69) is 26.6 Å². The van der Waals surface area contributed by atoms with Crippen LogP contribution in [0.4, 0.5) is 4.79 Å². The normalized spacial score (nSPS) is 10.1. The maximum absolute atomic E-state index is 11.7. The lowest BCUT2D eigenvalue weighted by Gasteiger charge is -2.10. The summed E-state index contributed by atoms with van der Waals surface area (Å²) in [4.78, 5) is 11.7. The highest BCUT2D eigenvalue weighted by atomic mass is 79.9. The first-order chi connectivity index (χ1) is 11.7. The Morgan fingerprint density at radius 1 is 1.04 bits per heavy atom. The zero-order valence-corrected chi connectivity index (χ0v) is 15.1. The summed E-state index contributed by atoms with van der Waals surface area (Å²) < 4.78 is 11.6. The van der Waals surface area contributed by atoms with Gasteiger partial charge in [0.25, 0.3) is 0 Å². The largest absolute Gasteiger partial charge is 0.497 e. The number of carbonyl (C=O) groups excluding carboxylic acids is 1. The summed E-state index contributed by atoms with van der Waals surface area (Å²) >= 11 is 3.41. The zero-order valence-electron chi connectivity index (χ0n) is 13.5. The lowest BCUT2D eigenvalue weighted by Crippen LogP contribution is -2.38. The van der Waals surface area contributed by atoms with Crippen LogP contribution in [0, 0.1) is 0 Å². The quantitative estimate of drug-likeness (QED) is 0.676. The third-order valence-corrected chi connectivity index (χ3v) is 4.00. The fourth-order valence-electron chi connectivity index (χ4n) is 2.06. The fraction of sp³-hybridized carbons (Fsp3) is 0.278. The van der Waals surface area contributed by atoms with Gasteiger partial charge in [-0.2, -0.15) is 0 Å². The Bertz CT molecular complexity index is 647. The average Bonchev–Trinajstić information content (AvgIpc) is 2.61. The molecule has 2 amide bonds. The molecule has 5 nitrogen and oxygen atoms in total. The summed E-state index contributed by atoms with van der Waals surface area (Å²) in [6.45, 7) is 1.42. The first-order valence-electron chi connectivity index (χ1n) is 7.71. The summed E-state index contributed by atoms with van der Waals surface area (Å²) in [7, 11) is 1.64. The molecule has 0 spiro atoms. The number of nitrogens with one attached hydrogen (secondary N) is 2. The molecule has 0 fully saturated rings. The van der Waals surface area contributed by atoms with Crippen molar-refractivity contribution in [2.75, 3.05) is 26.8 Å². The van der Waals surface area contributed by atoms with Gasteiger partial charge in [0.05, 0.1) is 18.1 Å². The van der Waals surface area contributed by atoms with Crippen molar-refractivity contribution in [3.05, 3.63) is 58.6 Å². The molecule has 0 heterocycles. The van der Waals surface area contributed by atoms with Crippen LogP contribution in [-0.2, 0) is 6.42 Å². The predicted octanol–water partition coefficient (Wildman–Crippen LogP) is 3.38. The number of ether oxygens (including phenoxy) is 2. The molecular weight excluding hydrogens is 372 g/mol. The Labute approximate surface area is 150 Å². The van der Waals surface area contributed by atoms with E-state index in [4.69, 9.17) is 9.47 Å². The number of methoxy groups -OCH3 is 1. The van der Waals surface area contributed by atoms with Gasteiger partial charge >= 0.3 is 6.03 Å². The van der Waals surface area contributed by atoms with Gasteiger partial charge in [-0.1, -0.05) is 24.3 Å². The first-order valence-corrected chi connectivity index (χ1v) is 8.50. The Balaban J connectivity index is 1.58. The van der Waals surface area contributed by atoms with Gasteiger partial charge in [-0.05, 0) is 52.2 Å². The van der Waals surface area contributed by atoms with Crippen molar-refractivity contribution >= 4 is 22.0 Å². The molecule has 0 atom stereocenters. The lowest BCUT2D eigenvalue weighted by molar-refractivity contribution is 0.236. The van der Waals surface area contributed by atoms with Crippen LogP contribution in [0.25, 0.3) is 0 Å². The molecule has 24 heavy (non-hydrogen) atoms. The highest BCUT2D eigenvalue weighted by Crippen LogP contribution is 2.23. The zero-order chi connectivity index (χ0) is 17.2. The standard InChI is InChI=1S/C18H21BrN2O3/c1-23-15-8-6-14(7-9-15)10-11-20-18(22)21-12-13-24-17-5-3-2-4-16(17)19/h2-9H,10-13H2,1H3,(H2,20,21,22). The number of carbonyl (C=O) groups is 1. The number of benzene rings is 2. The first kappa shape index (κ1) is 18.1. The number of urea groups is 1. The summed E-state index contributed by atoms with van der Waals surface area (Å²) in [5.74, 6) is 1.59. The topological polar surface area (TPSA) is 59.6 Å². The highest BCUT2D eigenvalue weighted by Gasteiger charge is 2.02. The molecule has 2 rings (SSSR count). The maximum Gasteiger partial charge on any atom is 0.314 e. The van der Waals surface area contributed by atoms with Crippen LogP contribution >= 0.6 is 15.9 Å². The molecule has 2 aromatic rings. The van der Waals surface area contributed by atoms with Crippen molar-refractivity contribution in [1.82, 2.24) is 10.6 Å². The molecule has 0 aliphatic heterocycles. The Morgan fingerprint density at radius 3 is 2.46 bits per heavy atom. The number of hydrogen-bond acceptors (Lipinski definition) is 3. The second-order valence-electron chi connectivity index (χ2n) is 5.06. The summed E-state index contributed by atoms with van der Waals surface area (Å²) in [5, 5.41) is 5.59. The number of hydrogen-bond donors (Lipinski definition) is 2. The number of rotatable bonds is 8. The van der Waals surface area contributed by atoms with Crippen LogP contribution in [0.1, 0.15) is 5.56 Å². The van der Waals surface area contributed by atoms with Gasteiger partial charge < -0.3 is 20.1 Å². The molecule has 0 saturated carbocycles. The number of para-hydroxylation sites is 1. The summed E-state index contributed by atoms with van der Waals surface area (Å²) in [6, 6.07) is 15.2. The van der Waals surface area contributed by atoms with Gasteiger partial charge in [0, 0.05) is 6.54 Å². The van der Waals surface area contributed by atoms with Gasteiger partial charge in [0.2, 0.25) is 0 Å². The molecule has 2 N–H and O–H groups in total. The number of amides is 2. The van der Waals surface area contributed by atoms with E-state index < -0.39 is 0 Å². The van der Waals surface area contributed by atoms with Crippen molar-refractivity contribution in [3.63, 3.8) is 0 Å². The molecule has 0 saturated heterocycles. The fourth-order valence-corrected chi connectivity index (χ4v) is 2.46. The molecule has 0 aromatic heterocycles. The molecule has 2 aromatic carbocycles. The Morgan fingerprint density at radius 2 is 1.75 bits per heavy atom. The van der Waals surface area contributed by atoms with Crippen LogP contribution in [0.15, 0.2) is 53.0 Å². The van der Waals surface area contributed by atoms with Crippen LogP contribution in [0.2, 0.25) is 0 Å². The van der Waals surface area contributed by atoms with Crippen molar-refractivity contribution in [2.24, 2.45) is 0 Å². The van der Waals surface area contributed by atoms with E-state index in [-0.39, 0.29) is 6.03 Å². The van der Waals surface area contributed by atoms with E-state index in [1.165, 1.54) is 0 Å². The van der Waals surface area contributed by atoms with Crippen molar-refractivity contribution < 1.29 is 14.3 Å². The smallest absolute Gasteiger partial charge is 0.314 e. The molecule has 128 valence electrons. The van der Waals surface area contributed by atoms with E-state index in [1.54, 1.807) is 7.11 Å². The van der Waals surface area contributed by atoms with Gasteiger partial charge in [-0.15, -0.1) is 0 Å². The summed E-state index contributed by atoms with van der Waals surface area (Å²) in [5.41, 5.74) is 1.15. The maximum atomic E-state index is 11.7. The van der Waals surface area contributed by atoms with Gasteiger partial charge in [-0.3, -0.25) is 0 Å². The molecule has 0 aliphatic rings. The SMILES string of the molecule is COc1ccc(CCNC(=O)NCCOc2ccccc2Br)cc1. The van der Waals surface area contributed by atoms with E-state index in [9.17, 15) is 4.79 Å². The van der Waals surface area contributed by atoms with Crippen LogP contribution in [-0.4, -0.2) is 32.8 Å². The minimum absolute atomic E-state index is 0.195. The van der Waals surface area contributed by atoms with Crippen LogP contribution < -0.4 is 20.1 Å². The minimum Gasteiger partial charge on any atom is -0.497 e. The molecule has 0 unspecified atom stereocenters. The van der Waals surface area contributed by atoms with E-state index in [0.29, 0.717) is 19.7 Å². The Kier molecular flexibility index (Phi) is 7.42. The molecule has 0 bridgehead atoms. The van der Waals surface area contributed by atoms with Crippen molar-refractivity contribution in [2.45, 2.75) is 6.42 Å². The average molecular weight is 393 g/mol. The van der Waals surface area contributed by atoms with E-state index >= 15 is 0 Å². The molecule has 0 aliphatic carbocycles. The second-order valence-corrected chi connectivity index (χ2v) is 5.91. The van der Waals surface area contributed by atoms with Gasteiger partial charge in [-0.25, -0.2) is 4.79 Å². The van der Waals surface area contributed by atoms with E-state index in [0.717, 1.165) is 28.0 Å². The Hall–Kier alpha value is -2.21. The number of halogens is 1.